The minimum absolute atomic E-state index is 0.405. The number of nitriles is 1. The SMILES string of the molecule is CC(C)CCOC1CCN(CCC#N)C1. The minimum atomic E-state index is 0.405. The Balaban J connectivity index is 2.06. The zero-order valence-electron chi connectivity index (χ0n) is 9.91. The molecule has 0 spiro atoms. The first-order chi connectivity index (χ1) is 7.22. The van der Waals surface area contributed by atoms with E-state index in [1.165, 1.54) is 0 Å². The van der Waals surface area contributed by atoms with Crippen LogP contribution < -0.4 is 0 Å². The summed E-state index contributed by atoms with van der Waals surface area (Å²) in [5.41, 5.74) is 0. The average molecular weight is 210 g/mol. The van der Waals surface area contributed by atoms with E-state index in [0.717, 1.165) is 45.0 Å². The lowest BCUT2D eigenvalue weighted by Crippen LogP contribution is -2.24. The van der Waals surface area contributed by atoms with Gasteiger partial charge < -0.3 is 4.74 Å². The van der Waals surface area contributed by atoms with Crippen molar-refractivity contribution in [3.63, 3.8) is 0 Å². The lowest BCUT2D eigenvalue weighted by atomic mass is 10.1. The van der Waals surface area contributed by atoms with Crippen LogP contribution in [0, 0.1) is 17.2 Å². The highest BCUT2D eigenvalue weighted by Gasteiger charge is 2.22. The summed E-state index contributed by atoms with van der Waals surface area (Å²) >= 11 is 0. The maximum atomic E-state index is 8.49. The van der Waals surface area contributed by atoms with Crippen molar-refractivity contribution < 1.29 is 4.74 Å². The van der Waals surface area contributed by atoms with Crippen LogP contribution in [0.1, 0.15) is 33.1 Å². The number of rotatable bonds is 6. The Labute approximate surface area is 93.0 Å². The van der Waals surface area contributed by atoms with Gasteiger partial charge in [0.15, 0.2) is 0 Å². The predicted molar refractivity (Wildman–Crippen MR) is 60.5 cm³/mol. The van der Waals surface area contributed by atoms with Gasteiger partial charge in [-0.2, -0.15) is 5.26 Å². The predicted octanol–water partition coefficient (Wildman–Crippen LogP) is 2.04. The van der Waals surface area contributed by atoms with Crippen molar-refractivity contribution in [1.82, 2.24) is 4.90 Å². The van der Waals surface area contributed by atoms with Gasteiger partial charge in [-0.25, -0.2) is 0 Å². The first kappa shape index (κ1) is 12.5. The summed E-state index contributed by atoms with van der Waals surface area (Å²) < 4.78 is 5.80. The van der Waals surface area contributed by atoms with Crippen LogP contribution in [0.3, 0.4) is 0 Å². The first-order valence-corrected chi connectivity index (χ1v) is 5.93. The number of likely N-dealkylation sites (tertiary alicyclic amines) is 1. The Morgan fingerprint density at radius 1 is 1.53 bits per heavy atom. The third kappa shape index (κ3) is 5.15. The zero-order valence-corrected chi connectivity index (χ0v) is 9.91. The molecule has 0 radical (unpaired) electrons. The van der Waals surface area contributed by atoms with Crippen molar-refractivity contribution in [3.8, 4) is 6.07 Å². The van der Waals surface area contributed by atoms with Crippen LogP contribution in [-0.2, 0) is 4.74 Å². The average Bonchev–Trinajstić information content (AvgIpc) is 2.62. The smallest absolute Gasteiger partial charge is 0.0714 e. The van der Waals surface area contributed by atoms with Gasteiger partial charge in [0.1, 0.15) is 0 Å². The molecule has 1 unspecified atom stereocenters. The quantitative estimate of drug-likeness (QED) is 0.673. The molecule has 1 fully saturated rings. The fraction of sp³-hybridized carbons (Fsp3) is 0.917. The highest BCUT2D eigenvalue weighted by atomic mass is 16.5. The Morgan fingerprint density at radius 2 is 2.33 bits per heavy atom. The van der Waals surface area contributed by atoms with Crippen molar-refractivity contribution in [3.05, 3.63) is 0 Å². The van der Waals surface area contributed by atoms with Crippen LogP contribution in [0.25, 0.3) is 0 Å². The second-order valence-corrected chi connectivity index (χ2v) is 4.67. The molecular formula is C12H22N2O. The van der Waals surface area contributed by atoms with Gasteiger partial charge in [0.2, 0.25) is 0 Å². The fourth-order valence-corrected chi connectivity index (χ4v) is 1.81. The largest absolute Gasteiger partial charge is 0.377 e. The zero-order chi connectivity index (χ0) is 11.1. The molecular weight excluding hydrogens is 188 g/mol. The van der Waals surface area contributed by atoms with Crippen LogP contribution in [0.2, 0.25) is 0 Å². The molecule has 0 aromatic rings. The van der Waals surface area contributed by atoms with Gasteiger partial charge in [0, 0.05) is 32.7 Å². The van der Waals surface area contributed by atoms with Gasteiger partial charge in [-0.1, -0.05) is 13.8 Å². The molecule has 0 aromatic heterocycles. The van der Waals surface area contributed by atoms with E-state index in [2.05, 4.69) is 24.8 Å². The number of nitrogens with zero attached hydrogens (tertiary/aromatic N) is 2. The molecule has 0 amide bonds. The molecule has 1 aliphatic heterocycles. The molecule has 1 atom stereocenters. The first-order valence-electron chi connectivity index (χ1n) is 5.93. The van der Waals surface area contributed by atoms with E-state index in [-0.39, 0.29) is 0 Å². The molecule has 0 aliphatic carbocycles. The van der Waals surface area contributed by atoms with E-state index in [0.29, 0.717) is 12.5 Å². The van der Waals surface area contributed by atoms with Crippen molar-refractivity contribution in [2.24, 2.45) is 5.92 Å². The third-order valence-corrected chi connectivity index (χ3v) is 2.82. The van der Waals surface area contributed by atoms with Gasteiger partial charge in [0.25, 0.3) is 0 Å². The van der Waals surface area contributed by atoms with E-state index >= 15 is 0 Å². The Kier molecular flexibility index (Phi) is 5.67. The molecule has 1 rings (SSSR count). The Morgan fingerprint density at radius 3 is 3.00 bits per heavy atom. The Bertz CT molecular complexity index is 210. The molecule has 86 valence electrons. The van der Waals surface area contributed by atoms with Crippen LogP contribution >= 0.6 is 0 Å². The van der Waals surface area contributed by atoms with Gasteiger partial charge in [0.05, 0.1) is 12.2 Å². The van der Waals surface area contributed by atoms with Crippen molar-refractivity contribution in [2.45, 2.75) is 39.2 Å². The maximum Gasteiger partial charge on any atom is 0.0714 e. The molecule has 1 heterocycles. The van der Waals surface area contributed by atoms with E-state index < -0.39 is 0 Å². The third-order valence-electron chi connectivity index (χ3n) is 2.82. The van der Waals surface area contributed by atoms with Gasteiger partial charge >= 0.3 is 0 Å². The standard InChI is InChI=1S/C12H22N2O/c1-11(2)5-9-15-12-4-8-14(10-12)7-3-6-13/h11-12H,3-5,7-10H2,1-2H3. The van der Waals surface area contributed by atoms with E-state index in [1.54, 1.807) is 0 Å². The van der Waals surface area contributed by atoms with E-state index in [4.69, 9.17) is 10.00 Å². The molecule has 15 heavy (non-hydrogen) atoms. The highest BCUT2D eigenvalue weighted by molar-refractivity contribution is 4.79. The topological polar surface area (TPSA) is 36.3 Å². The second-order valence-electron chi connectivity index (χ2n) is 4.67. The molecule has 0 saturated carbocycles. The summed E-state index contributed by atoms with van der Waals surface area (Å²) in [7, 11) is 0. The Hall–Kier alpha value is -0.590. The lowest BCUT2D eigenvalue weighted by molar-refractivity contribution is 0.0525. The number of hydrogen-bond donors (Lipinski definition) is 0. The van der Waals surface area contributed by atoms with Crippen LogP contribution in [0.15, 0.2) is 0 Å². The van der Waals surface area contributed by atoms with Crippen molar-refractivity contribution >= 4 is 0 Å². The fourth-order valence-electron chi connectivity index (χ4n) is 1.81. The van der Waals surface area contributed by atoms with E-state index in [9.17, 15) is 0 Å². The molecule has 0 bridgehead atoms. The van der Waals surface area contributed by atoms with E-state index in [1.807, 2.05) is 0 Å². The number of hydrogen-bond acceptors (Lipinski definition) is 3. The highest BCUT2D eigenvalue weighted by Crippen LogP contribution is 2.13. The van der Waals surface area contributed by atoms with Crippen LogP contribution in [-0.4, -0.2) is 37.2 Å². The summed E-state index contributed by atoms with van der Waals surface area (Å²) in [6.45, 7) is 8.33. The molecule has 0 N–H and O–H groups in total. The lowest BCUT2D eigenvalue weighted by Gasteiger charge is -2.15. The molecule has 3 heteroatoms. The van der Waals surface area contributed by atoms with Crippen LogP contribution in [0.4, 0.5) is 0 Å². The monoisotopic (exact) mass is 210 g/mol. The van der Waals surface area contributed by atoms with Gasteiger partial charge in [-0.3, -0.25) is 4.90 Å². The summed E-state index contributed by atoms with van der Waals surface area (Å²) in [5.74, 6) is 0.723. The molecule has 0 aromatic carbocycles. The molecule has 1 saturated heterocycles. The number of ether oxygens (including phenoxy) is 1. The molecule has 1 aliphatic rings. The van der Waals surface area contributed by atoms with Gasteiger partial charge in [-0.05, 0) is 18.8 Å². The normalized spacial score (nSPS) is 22.1. The summed E-state index contributed by atoms with van der Waals surface area (Å²) in [4.78, 5) is 2.32. The molecule has 3 nitrogen and oxygen atoms in total. The minimum Gasteiger partial charge on any atom is -0.377 e. The van der Waals surface area contributed by atoms with Gasteiger partial charge in [-0.15, -0.1) is 0 Å². The maximum absolute atomic E-state index is 8.49. The van der Waals surface area contributed by atoms with Crippen LogP contribution in [0.5, 0.6) is 0 Å². The summed E-state index contributed by atoms with van der Waals surface area (Å²) in [6.07, 6.45) is 3.32. The summed E-state index contributed by atoms with van der Waals surface area (Å²) in [6, 6.07) is 2.19. The summed E-state index contributed by atoms with van der Waals surface area (Å²) in [5, 5.41) is 8.49. The second kappa shape index (κ2) is 6.81. The van der Waals surface area contributed by atoms with Crippen molar-refractivity contribution in [1.29, 1.82) is 5.26 Å². The van der Waals surface area contributed by atoms with Crippen molar-refractivity contribution in [2.75, 3.05) is 26.2 Å².